The average molecular weight is 358 g/mol. The van der Waals surface area contributed by atoms with Crippen molar-refractivity contribution in [2.45, 2.75) is 52.2 Å². The van der Waals surface area contributed by atoms with Crippen LogP contribution < -0.4 is 5.32 Å². The summed E-state index contributed by atoms with van der Waals surface area (Å²) >= 11 is 0. The van der Waals surface area contributed by atoms with Crippen LogP contribution in [-0.2, 0) is 20.5 Å². The van der Waals surface area contributed by atoms with Crippen LogP contribution in [0, 0.1) is 17.1 Å². The monoisotopic (exact) mass is 358 g/mol. The minimum absolute atomic E-state index is 0.175. The molecule has 1 amide bonds. The highest BCUT2D eigenvalue weighted by atomic mass is 19.1. The Morgan fingerprint density at radius 2 is 1.92 bits per heavy atom. The van der Waals surface area contributed by atoms with Crippen molar-refractivity contribution in [2.24, 2.45) is 0 Å². The highest BCUT2D eigenvalue weighted by Crippen LogP contribution is 2.38. The first kappa shape index (κ1) is 20.2. The summed E-state index contributed by atoms with van der Waals surface area (Å²) in [5.74, 6) is -0.616. The standard InChI is InChI=1S/C19H24BFN2O3/c1-13(24)23-12-16(20-25-18(2,3)19(4,5)26-20)11-15-10-14(8-9-22)6-7-17(15)21/h6-7,10-11H,8,12H2,1-5H3,(H,23,24). The number of amides is 1. The second-order valence-corrected chi connectivity index (χ2v) is 7.41. The number of nitrogens with one attached hydrogen (secondary N) is 1. The molecule has 1 aliphatic heterocycles. The summed E-state index contributed by atoms with van der Waals surface area (Å²) in [6, 6.07) is 6.59. The van der Waals surface area contributed by atoms with E-state index in [4.69, 9.17) is 14.6 Å². The van der Waals surface area contributed by atoms with Crippen LogP contribution in [0.2, 0.25) is 0 Å². The van der Waals surface area contributed by atoms with Crippen LogP contribution in [0.25, 0.3) is 6.08 Å². The Hall–Kier alpha value is -2.17. The van der Waals surface area contributed by atoms with Gasteiger partial charge in [-0.15, -0.1) is 0 Å². The molecule has 1 aromatic rings. The summed E-state index contributed by atoms with van der Waals surface area (Å²) in [7, 11) is -0.703. The Bertz CT molecular complexity index is 753. The molecule has 0 radical (unpaired) electrons. The van der Waals surface area contributed by atoms with Crippen molar-refractivity contribution in [1.82, 2.24) is 5.32 Å². The summed E-state index contributed by atoms with van der Waals surface area (Å²) in [4.78, 5) is 11.3. The van der Waals surface area contributed by atoms with E-state index in [1.165, 1.54) is 13.0 Å². The van der Waals surface area contributed by atoms with Crippen molar-refractivity contribution >= 4 is 19.1 Å². The van der Waals surface area contributed by atoms with E-state index < -0.39 is 24.1 Å². The number of nitriles is 1. The summed E-state index contributed by atoms with van der Waals surface area (Å²) in [5, 5.41) is 11.6. The van der Waals surface area contributed by atoms with E-state index in [0.717, 1.165) is 0 Å². The van der Waals surface area contributed by atoms with Gasteiger partial charge in [0, 0.05) is 19.0 Å². The van der Waals surface area contributed by atoms with Crippen molar-refractivity contribution in [2.75, 3.05) is 6.54 Å². The summed E-state index contributed by atoms with van der Waals surface area (Å²) in [5.41, 5.74) is 0.551. The van der Waals surface area contributed by atoms with Gasteiger partial charge in [-0.1, -0.05) is 12.1 Å². The molecule has 0 aromatic heterocycles. The van der Waals surface area contributed by atoms with E-state index in [1.807, 2.05) is 27.7 Å². The quantitative estimate of drug-likeness (QED) is 0.822. The molecule has 1 N–H and O–H groups in total. The van der Waals surface area contributed by atoms with Crippen LogP contribution in [0.1, 0.15) is 45.7 Å². The molecule has 0 aliphatic carbocycles. The fraction of sp³-hybridized carbons (Fsp3) is 0.474. The van der Waals surface area contributed by atoms with Gasteiger partial charge in [-0.05, 0) is 50.9 Å². The molecular weight excluding hydrogens is 334 g/mol. The van der Waals surface area contributed by atoms with Gasteiger partial charge in [0.1, 0.15) is 5.82 Å². The minimum Gasteiger partial charge on any atom is -0.400 e. The molecule has 7 heteroatoms. The maximum Gasteiger partial charge on any atom is 0.492 e. The van der Waals surface area contributed by atoms with E-state index in [2.05, 4.69) is 11.4 Å². The Balaban J connectivity index is 2.39. The lowest BCUT2D eigenvalue weighted by molar-refractivity contribution is -0.118. The topological polar surface area (TPSA) is 71.4 Å². The van der Waals surface area contributed by atoms with Crippen LogP contribution in [0.15, 0.2) is 23.7 Å². The van der Waals surface area contributed by atoms with Gasteiger partial charge in [0.05, 0.1) is 23.7 Å². The third kappa shape index (κ3) is 4.51. The zero-order chi connectivity index (χ0) is 19.5. The molecule has 1 saturated heterocycles. The lowest BCUT2D eigenvalue weighted by Gasteiger charge is -2.32. The van der Waals surface area contributed by atoms with Gasteiger partial charge in [0.15, 0.2) is 0 Å². The molecule has 26 heavy (non-hydrogen) atoms. The summed E-state index contributed by atoms with van der Waals surface area (Å²) in [6.07, 6.45) is 1.81. The molecule has 1 heterocycles. The van der Waals surface area contributed by atoms with Crippen LogP contribution in [0.4, 0.5) is 4.39 Å². The highest BCUT2D eigenvalue weighted by molar-refractivity contribution is 6.56. The smallest absolute Gasteiger partial charge is 0.400 e. The van der Waals surface area contributed by atoms with E-state index in [-0.39, 0.29) is 18.9 Å². The third-order valence-corrected chi connectivity index (χ3v) is 4.78. The van der Waals surface area contributed by atoms with Gasteiger partial charge in [0.25, 0.3) is 0 Å². The lowest BCUT2D eigenvalue weighted by Crippen LogP contribution is -2.41. The number of carbonyl (C=O) groups excluding carboxylic acids is 1. The number of nitrogens with zero attached hydrogens (tertiary/aromatic N) is 1. The van der Waals surface area contributed by atoms with E-state index >= 15 is 0 Å². The number of carbonyl (C=O) groups is 1. The Morgan fingerprint density at radius 1 is 1.31 bits per heavy atom. The van der Waals surface area contributed by atoms with E-state index in [0.29, 0.717) is 16.6 Å². The molecule has 1 aromatic carbocycles. The Labute approximate surface area is 154 Å². The number of hydrogen-bond acceptors (Lipinski definition) is 4. The third-order valence-electron chi connectivity index (χ3n) is 4.78. The van der Waals surface area contributed by atoms with Gasteiger partial charge in [-0.25, -0.2) is 4.39 Å². The zero-order valence-electron chi connectivity index (χ0n) is 15.9. The largest absolute Gasteiger partial charge is 0.492 e. The number of rotatable bonds is 5. The summed E-state index contributed by atoms with van der Waals surface area (Å²) < 4.78 is 26.3. The predicted molar refractivity (Wildman–Crippen MR) is 98.5 cm³/mol. The molecule has 0 bridgehead atoms. The number of benzene rings is 1. The molecule has 0 unspecified atom stereocenters. The van der Waals surface area contributed by atoms with E-state index in [1.54, 1.807) is 18.2 Å². The van der Waals surface area contributed by atoms with Crippen LogP contribution in [0.5, 0.6) is 0 Å². The number of halogens is 1. The fourth-order valence-electron chi connectivity index (χ4n) is 2.53. The van der Waals surface area contributed by atoms with Crippen molar-refractivity contribution < 1.29 is 18.5 Å². The molecule has 5 nitrogen and oxygen atoms in total. The minimum atomic E-state index is -0.703. The Kier molecular flexibility index (Phi) is 5.89. The maximum atomic E-state index is 14.3. The van der Waals surface area contributed by atoms with Gasteiger partial charge in [0.2, 0.25) is 5.91 Å². The van der Waals surface area contributed by atoms with Gasteiger partial charge in [-0.2, -0.15) is 5.26 Å². The molecule has 1 aliphatic rings. The summed E-state index contributed by atoms with van der Waals surface area (Å²) in [6.45, 7) is 9.30. The normalized spacial score (nSPS) is 18.5. The van der Waals surface area contributed by atoms with Gasteiger partial charge < -0.3 is 14.6 Å². The van der Waals surface area contributed by atoms with Crippen LogP contribution in [-0.4, -0.2) is 30.8 Å². The van der Waals surface area contributed by atoms with Crippen molar-refractivity contribution in [1.29, 1.82) is 5.26 Å². The van der Waals surface area contributed by atoms with Crippen LogP contribution in [0.3, 0.4) is 0 Å². The first-order valence-corrected chi connectivity index (χ1v) is 8.51. The lowest BCUT2D eigenvalue weighted by atomic mass is 9.76. The predicted octanol–water partition coefficient (Wildman–Crippen LogP) is 3.04. The maximum absolute atomic E-state index is 14.3. The first-order valence-electron chi connectivity index (χ1n) is 8.51. The van der Waals surface area contributed by atoms with Gasteiger partial charge >= 0.3 is 7.12 Å². The fourth-order valence-corrected chi connectivity index (χ4v) is 2.53. The average Bonchev–Trinajstić information content (AvgIpc) is 2.74. The SMILES string of the molecule is CC(=O)NCC(=Cc1cc(CC#N)ccc1F)B1OC(C)(C)C(C)(C)O1. The molecule has 2 rings (SSSR count). The second-order valence-electron chi connectivity index (χ2n) is 7.41. The second kappa shape index (κ2) is 7.61. The van der Waals surface area contributed by atoms with Crippen molar-refractivity contribution in [3.05, 3.63) is 40.6 Å². The molecule has 0 atom stereocenters. The van der Waals surface area contributed by atoms with Gasteiger partial charge in [-0.3, -0.25) is 4.79 Å². The molecular formula is C19H24BFN2O3. The zero-order valence-corrected chi connectivity index (χ0v) is 15.9. The molecule has 0 spiro atoms. The molecule has 0 saturated carbocycles. The molecule has 1 fully saturated rings. The van der Waals surface area contributed by atoms with Crippen LogP contribution >= 0.6 is 0 Å². The molecule has 138 valence electrons. The van der Waals surface area contributed by atoms with Crippen molar-refractivity contribution in [3.63, 3.8) is 0 Å². The van der Waals surface area contributed by atoms with E-state index in [9.17, 15) is 9.18 Å². The highest BCUT2D eigenvalue weighted by Gasteiger charge is 2.52. The Morgan fingerprint density at radius 3 is 2.46 bits per heavy atom. The first-order chi connectivity index (χ1) is 12.1. The number of hydrogen-bond donors (Lipinski definition) is 1. The van der Waals surface area contributed by atoms with Crippen molar-refractivity contribution in [3.8, 4) is 6.07 Å².